The molecule has 1 heterocycles. The molecule has 0 radical (unpaired) electrons. The Morgan fingerprint density at radius 3 is 2.46 bits per heavy atom. The molecule has 1 fully saturated rings. The van der Waals surface area contributed by atoms with E-state index in [-0.39, 0.29) is 48.7 Å². The quantitative estimate of drug-likeness (QED) is 0.515. The molecule has 0 spiro atoms. The molecule has 2 rings (SSSR count). The van der Waals surface area contributed by atoms with Crippen LogP contribution in [0.2, 0.25) is 0 Å². The van der Waals surface area contributed by atoms with Crippen molar-refractivity contribution in [3.8, 4) is 0 Å². The van der Waals surface area contributed by atoms with Crippen molar-refractivity contribution in [3.63, 3.8) is 0 Å². The third kappa shape index (κ3) is 9.66. The van der Waals surface area contributed by atoms with Gasteiger partial charge < -0.3 is 20.7 Å². The number of benzene rings is 1. The summed E-state index contributed by atoms with van der Waals surface area (Å²) in [6, 6.07) is 4.16. The van der Waals surface area contributed by atoms with Crippen LogP contribution in [0, 0.1) is 5.82 Å². The van der Waals surface area contributed by atoms with Crippen molar-refractivity contribution in [2.24, 2.45) is 0 Å². The fraction of sp³-hybridized carbons (Fsp3) is 0.556. The van der Waals surface area contributed by atoms with Gasteiger partial charge in [-0.2, -0.15) is 0 Å². The highest BCUT2D eigenvalue weighted by molar-refractivity contribution is 5.94. The fourth-order valence-corrected chi connectivity index (χ4v) is 2.65. The Kier molecular flexibility index (Phi) is 13.8. The molecule has 0 bridgehead atoms. The third-order valence-corrected chi connectivity index (χ3v) is 4.11. The first-order valence-corrected chi connectivity index (χ1v) is 8.92. The van der Waals surface area contributed by atoms with Crippen LogP contribution in [-0.4, -0.2) is 63.2 Å². The van der Waals surface area contributed by atoms with Crippen LogP contribution in [0.5, 0.6) is 0 Å². The summed E-state index contributed by atoms with van der Waals surface area (Å²) in [7, 11) is 1.83. The summed E-state index contributed by atoms with van der Waals surface area (Å²) in [6.07, 6.45) is 1.37. The lowest BCUT2D eigenvalue weighted by molar-refractivity contribution is -0.117. The van der Waals surface area contributed by atoms with E-state index in [1.54, 1.807) is 0 Å². The summed E-state index contributed by atoms with van der Waals surface area (Å²) in [4.78, 5) is 26.1. The normalized spacial score (nSPS) is 13.8. The van der Waals surface area contributed by atoms with Gasteiger partial charge in [-0.05, 0) is 38.2 Å². The van der Waals surface area contributed by atoms with Crippen molar-refractivity contribution in [1.29, 1.82) is 0 Å². The Hall–Kier alpha value is -1.45. The molecular formula is C18H29Cl2FN4O3. The van der Waals surface area contributed by atoms with Crippen LogP contribution in [0.3, 0.4) is 0 Å². The van der Waals surface area contributed by atoms with Crippen molar-refractivity contribution in [2.75, 3.05) is 57.1 Å². The number of ether oxygens (including phenoxy) is 1. The average molecular weight is 439 g/mol. The van der Waals surface area contributed by atoms with Gasteiger partial charge in [0.1, 0.15) is 5.82 Å². The minimum atomic E-state index is -0.530. The van der Waals surface area contributed by atoms with E-state index in [0.717, 1.165) is 19.6 Å². The summed E-state index contributed by atoms with van der Waals surface area (Å²) >= 11 is 0. The van der Waals surface area contributed by atoms with E-state index < -0.39 is 5.82 Å². The zero-order valence-electron chi connectivity index (χ0n) is 16.0. The molecule has 10 heteroatoms. The van der Waals surface area contributed by atoms with Gasteiger partial charge in [0, 0.05) is 38.2 Å². The van der Waals surface area contributed by atoms with Crippen LogP contribution in [-0.2, 0) is 14.3 Å². The molecule has 0 unspecified atom stereocenters. The molecule has 0 atom stereocenters. The minimum absolute atomic E-state index is 0. The van der Waals surface area contributed by atoms with Gasteiger partial charge in [-0.1, -0.05) is 0 Å². The molecule has 0 saturated carbocycles. The second kappa shape index (κ2) is 14.5. The van der Waals surface area contributed by atoms with E-state index in [2.05, 4.69) is 20.9 Å². The van der Waals surface area contributed by atoms with Gasteiger partial charge in [-0.3, -0.25) is 14.5 Å². The van der Waals surface area contributed by atoms with Gasteiger partial charge >= 0.3 is 0 Å². The number of carbonyl (C=O) groups is 2. The predicted octanol–water partition coefficient (Wildman–Crippen LogP) is 2.27. The monoisotopic (exact) mass is 438 g/mol. The van der Waals surface area contributed by atoms with E-state index in [0.29, 0.717) is 38.3 Å². The van der Waals surface area contributed by atoms with Crippen molar-refractivity contribution in [2.45, 2.75) is 19.3 Å². The molecule has 1 aliphatic rings. The molecule has 1 aromatic rings. The number of amides is 2. The molecule has 160 valence electrons. The Labute approximate surface area is 177 Å². The smallest absolute Gasteiger partial charge is 0.225 e. The molecule has 0 aromatic heterocycles. The minimum Gasteiger partial charge on any atom is -0.379 e. The van der Waals surface area contributed by atoms with Crippen molar-refractivity contribution in [3.05, 3.63) is 24.0 Å². The number of halogens is 3. The number of nitrogens with zero attached hydrogens (tertiary/aromatic N) is 1. The SMILES string of the molecule is CNCCCC(=O)Nc1ccc(F)c(NC(=O)CCN2CCOCC2)c1.Cl.Cl. The molecule has 7 nitrogen and oxygen atoms in total. The summed E-state index contributed by atoms with van der Waals surface area (Å²) < 4.78 is 19.2. The number of morpholine rings is 1. The number of hydrogen-bond donors (Lipinski definition) is 3. The predicted molar refractivity (Wildman–Crippen MR) is 113 cm³/mol. The van der Waals surface area contributed by atoms with Crippen molar-refractivity contribution >= 4 is 48.0 Å². The highest BCUT2D eigenvalue weighted by Crippen LogP contribution is 2.20. The first-order valence-electron chi connectivity index (χ1n) is 8.92. The van der Waals surface area contributed by atoms with E-state index in [1.165, 1.54) is 18.2 Å². The summed E-state index contributed by atoms with van der Waals surface area (Å²) in [5.74, 6) is -0.928. The van der Waals surface area contributed by atoms with Gasteiger partial charge in [0.2, 0.25) is 11.8 Å². The van der Waals surface area contributed by atoms with Crippen LogP contribution in [0.15, 0.2) is 18.2 Å². The molecule has 2 amide bonds. The van der Waals surface area contributed by atoms with E-state index >= 15 is 0 Å². The van der Waals surface area contributed by atoms with E-state index in [9.17, 15) is 14.0 Å². The van der Waals surface area contributed by atoms with E-state index in [1.807, 2.05) is 7.05 Å². The first-order chi connectivity index (χ1) is 12.6. The maximum Gasteiger partial charge on any atom is 0.225 e. The fourth-order valence-electron chi connectivity index (χ4n) is 2.65. The molecular weight excluding hydrogens is 410 g/mol. The highest BCUT2D eigenvalue weighted by Gasteiger charge is 2.14. The molecule has 1 saturated heterocycles. The Bertz CT molecular complexity index is 616. The molecule has 1 aliphatic heterocycles. The Morgan fingerprint density at radius 2 is 1.79 bits per heavy atom. The number of hydrogen-bond acceptors (Lipinski definition) is 5. The zero-order valence-corrected chi connectivity index (χ0v) is 17.6. The molecule has 3 N–H and O–H groups in total. The largest absolute Gasteiger partial charge is 0.379 e. The second-order valence-corrected chi connectivity index (χ2v) is 6.20. The summed E-state index contributed by atoms with van der Waals surface area (Å²) in [6.45, 7) is 4.31. The van der Waals surface area contributed by atoms with Gasteiger partial charge in [0.05, 0.1) is 18.9 Å². The first kappa shape index (κ1) is 26.6. The van der Waals surface area contributed by atoms with Gasteiger partial charge in [0.15, 0.2) is 0 Å². The van der Waals surface area contributed by atoms with Crippen LogP contribution >= 0.6 is 24.8 Å². The maximum atomic E-state index is 13.9. The number of anilines is 2. The topological polar surface area (TPSA) is 82.7 Å². The second-order valence-electron chi connectivity index (χ2n) is 6.20. The molecule has 0 aliphatic carbocycles. The third-order valence-electron chi connectivity index (χ3n) is 4.11. The molecule has 28 heavy (non-hydrogen) atoms. The Morgan fingerprint density at radius 1 is 1.11 bits per heavy atom. The lowest BCUT2D eigenvalue weighted by Crippen LogP contribution is -2.38. The van der Waals surface area contributed by atoms with E-state index in [4.69, 9.17) is 4.74 Å². The highest BCUT2D eigenvalue weighted by atomic mass is 35.5. The van der Waals surface area contributed by atoms with Gasteiger partial charge in [-0.15, -0.1) is 24.8 Å². The lowest BCUT2D eigenvalue weighted by atomic mass is 10.2. The number of carbonyl (C=O) groups excluding carboxylic acids is 2. The van der Waals surface area contributed by atoms with Crippen molar-refractivity contribution < 1.29 is 18.7 Å². The van der Waals surface area contributed by atoms with Gasteiger partial charge in [0.25, 0.3) is 0 Å². The number of nitrogens with one attached hydrogen (secondary N) is 3. The van der Waals surface area contributed by atoms with Crippen LogP contribution in [0.4, 0.5) is 15.8 Å². The van der Waals surface area contributed by atoms with Crippen LogP contribution < -0.4 is 16.0 Å². The number of rotatable bonds is 9. The zero-order chi connectivity index (χ0) is 18.8. The standard InChI is InChI=1S/C18H27FN4O3.2ClH/c1-20-7-2-3-17(24)21-14-4-5-15(19)16(13-14)22-18(25)6-8-23-9-11-26-12-10-23;;/h4-5,13,20H,2-3,6-12H2,1H3,(H,21,24)(H,22,25);2*1H. The summed E-state index contributed by atoms with van der Waals surface area (Å²) in [5, 5.41) is 8.27. The lowest BCUT2D eigenvalue weighted by Gasteiger charge is -2.26. The van der Waals surface area contributed by atoms with Crippen molar-refractivity contribution in [1.82, 2.24) is 10.2 Å². The summed E-state index contributed by atoms with van der Waals surface area (Å²) in [5.41, 5.74) is 0.536. The van der Waals surface area contributed by atoms with Crippen LogP contribution in [0.1, 0.15) is 19.3 Å². The van der Waals surface area contributed by atoms with Crippen LogP contribution in [0.25, 0.3) is 0 Å². The molecule has 1 aromatic carbocycles. The van der Waals surface area contributed by atoms with Gasteiger partial charge in [-0.25, -0.2) is 4.39 Å². The Balaban J connectivity index is 0.00000364. The maximum absolute atomic E-state index is 13.9. The average Bonchev–Trinajstić information content (AvgIpc) is 2.64.